The van der Waals surface area contributed by atoms with Gasteiger partial charge in [0.2, 0.25) is 0 Å². The van der Waals surface area contributed by atoms with Gasteiger partial charge in [0.15, 0.2) is 0 Å². The number of hydrogen-bond acceptors (Lipinski definition) is 8. The molecule has 45 heavy (non-hydrogen) atoms. The number of rotatable bonds is 14. The molecule has 248 valence electrons. The molecule has 0 aromatic heterocycles. The second-order valence-corrected chi connectivity index (χ2v) is 13.1. The number of aliphatic hydroxyl groups excluding tert-OH is 1. The number of hydrogen-bond donors (Lipinski definition) is 1. The summed E-state index contributed by atoms with van der Waals surface area (Å²) in [7, 11) is 2.02. The molecule has 4 rings (SSSR count). The molecule has 10 heteroatoms. The summed E-state index contributed by atoms with van der Waals surface area (Å²) in [6.07, 6.45) is 8.99. The Morgan fingerprint density at radius 1 is 1.07 bits per heavy atom. The van der Waals surface area contributed by atoms with Gasteiger partial charge >= 0.3 is 6.09 Å². The average Bonchev–Trinajstić information content (AvgIpc) is 3.35. The maximum Gasteiger partial charge on any atom is 0.410 e. The first-order valence-electron chi connectivity index (χ1n) is 16.3. The number of aldehydes is 2. The lowest BCUT2D eigenvalue weighted by Gasteiger charge is -2.34. The van der Waals surface area contributed by atoms with Crippen LogP contribution >= 0.6 is 0 Å². The third-order valence-electron chi connectivity index (χ3n) is 9.43. The number of aliphatic hydroxyl groups is 1. The Morgan fingerprint density at radius 2 is 1.76 bits per heavy atom. The first-order chi connectivity index (χ1) is 21.6. The van der Waals surface area contributed by atoms with E-state index in [2.05, 4.69) is 9.80 Å². The van der Waals surface area contributed by atoms with E-state index in [0.717, 1.165) is 56.6 Å². The van der Waals surface area contributed by atoms with Gasteiger partial charge in [0.05, 0.1) is 18.3 Å². The lowest BCUT2D eigenvalue weighted by atomic mass is 9.86. The van der Waals surface area contributed by atoms with Crippen LogP contribution in [0.1, 0.15) is 58.4 Å². The van der Waals surface area contributed by atoms with Gasteiger partial charge < -0.3 is 38.9 Å². The average molecular weight is 628 g/mol. The molecule has 9 nitrogen and oxygen atoms in total. The lowest BCUT2D eigenvalue weighted by Crippen LogP contribution is -2.48. The summed E-state index contributed by atoms with van der Waals surface area (Å²) in [5.41, 5.74) is 2.32. The zero-order chi connectivity index (χ0) is 32.5. The predicted molar refractivity (Wildman–Crippen MR) is 172 cm³/mol. The molecular formula is C35H50FN3O6. The van der Waals surface area contributed by atoms with Crippen molar-refractivity contribution in [2.45, 2.75) is 77.3 Å². The van der Waals surface area contributed by atoms with Crippen LogP contribution in [0, 0.1) is 23.6 Å². The van der Waals surface area contributed by atoms with Crippen molar-refractivity contribution in [3.63, 3.8) is 0 Å². The normalized spacial score (nSPS) is 24.3. The second-order valence-electron chi connectivity index (χ2n) is 13.1. The highest BCUT2D eigenvalue weighted by molar-refractivity contribution is 5.69. The number of nitrogens with zero attached hydrogens (tertiary/aromatic N) is 3. The number of benzene rings is 1. The minimum Gasteiger partial charge on any atom is -0.442 e. The van der Waals surface area contributed by atoms with Gasteiger partial charge in [-0.1, -0.05) is 31.6 Å². The number of carbonyl (C=O) groups excluding carboxylic acids is 3. The van der Waals surface area contributed by atoms with E-state index in [-0.39, 0.29) is 42.4 Å². The Hall–Kier alpha value is -3.08. The van der Waals surface area contributed by atoms with Crippen LogP contribution in [-0.4, -0.2) is 104 Å². The Morgan fingerprint density at radius 3 is 2.40 bits per heavy atom. The van der Waals surface area contributed by atoms with Crippen molar-refractivity contribution in [2.75, 3.05) is 51.2 Å². The largest absolute Gasteiger partial charge is 0.442 e. The quantitative estimate of drug-likeness (QED) is 0.234. The van der Waals surface area contributed by atoms with Crippen LogP contribution in [0.4, 0.5) is 14.9 Å². The van der Waals surface area contributed by atoms with Crippen LogP contribution in [0.25, 0.3) is 6.08 Å². The predicted octanol–water partition coefficient (Wildman–Crippen LogP) is 4.72. The third kappa shape index (κ3) is 9.95. The molecule has 2 bridgehead atoms. The van der Waals surface area contributed by atoms with E-state index in [1.165, 1.54) is 6.07 Å². The van der Waals surface area contributed by atoms with Crippen LogP contribution in [0.5, 0.6) is 0 Å². The van der Waals surface area contributed by atoms with Crippen molar-refractivity contribution in [3.05, 3.63) is 47.3 Å². The summed E-state index contributed by atoms with van der Waals surface area (Å²) in [4.78, 5) is 42.3. The summed E-state index contributed by atoms with van der Waals surface area (Å²) in [6.45, 7) is 9.97. The van der Waals surface area contributed by atoms with Crippen molar-refractivity contribution < 1.29 is 33.4 Å². The van der Waals surface area contributed by atoms with Crippen LogP contribution < -0.4 is 4.90 Å². The zero-order valence-electron chi connectivity index (χ0n) is 27.1. The third-order valence-corrected chi connectivity index (χ3v) is 9.43. The number of anilines is 1. The van der Waals surface area contributed by atoms with E-state index in [0.29, 0.717) is 37.8 Å². The minimum absolute atomic E-state index is 0.0677. The number of fused-ring (bicyclic) bond motifs is 2. The SMILES string of the molecule is C/C(=C\c1cc(F)cc(N2C[C@H]3CC[C@@H](C2)O3)c1)[C@@H](C=O)[C@@H](C)/C=C/[C@H](OC(=O)N1CCN(C)CC1)[C@@H](C)CC[C@@H](O)CC=O. The fraction of sp³-hybridized carbons (Fsp3) is 0.629. The van der Waals surface area contributed by atoms with Crippen molar-refractivity contribution in [3.8, 4) is 0 Å². The van der Waals surface area contributed by atoms with Gasteiger partial charge in [-0.2, -0.15) is 0 Å². The van der Waals surface area contributed by atoms with E-state index in [4.69, 9.17) is 9.47 Å². The highest BCUT2D eigenvalue weighted by Crippen LogP contribution is 2.32. The highest BCUT2D eigenvalue weighted by atomic mass is 19.1. The first-order valence-corrected chi connectivity index (χ1v) is 16.3. The number of likely N-dealkylation sites (N-methyl/N-ethyl adjacent to an activating group) is 1. The maximum absolute atomic E-state index is 14.7. The van der Waals surface area contributed by atoms with E-state index < -0.39 is 18.1 Å². The van der Waals surface area contributed by atoms with E-state index in [1.54, 1.807) is 11.0 Å². The van der Waals surface area contributed by atoms with Gasteiger partial charge in [-0.25, -0.2) is 9.18 Å². The van der Waals surface area contributed by atoms with Crippen molar-refractivity contribution in [1.29, 1.82) is 0 Å². The molecule has 3 saturated heterocycles. The Labute approximate surface area is 267 Å². The van der Waals surface area contributed by atoms with Gasteiger partial charge in [0.1, 0.15) is 24.5 Å². The smallest absolute Gasteiger partial charge is 0.410 e. The molecule has 1 amide bonds. The van der Waals surface area contributed by atoms with Gasteiger partial charge in [-0.3, -0.25) is 0 Å². The molecule has 3 aliphatic heterocycles. The molecule has 0 spiro atoms. The summed E-state index contributed by atoms with van der Waals surface area (Å²) >= 11 is 0. The van der Waals surface area contributed by atoms with E-state index in [9.17, 15) is 23.9 Å². The number of morpholine rings is 1. The fourth-order valence-electron chi connectivity index (χ4n) is 6.47. The molecule has 3 aliphatic rings. The van der Waals surface area contributed by atoms with Crippen LogP contribution in [-0.2, 0) is 19.1 Å². The standard InChI is InChI=1S/C35H50FN3O6/c1-24(6-10-34(25(2)5-7-30(42)11-16-40)45-35(43)38-14-12-37(4)13-15-38)33(23-41)26(3)17-27-18-28(36)20-29(19-27)39-21-31-8-9-32(22-39)44-31/h6,10,16-20,23-25,30-34,42H,5,7-9,11-15,21-22H2,1-4H3/b10-6+,26-17+/t24-,25-,30+,31-,32+,33-,34-/m0/s1. The van der Waals surface area contributed by atoms with Crippen molar-refractivity contribution in [1.82, 2.24) is 9.80 Å². The van der Waals surface area contributed by atoms with Gasteiger partial charge in [0, 0.05) is 57.3 Å². The molecular weight excluding hydrogens is 577 g/mol. The zero-order valence-corrected chi connectivity index (χ0v) is 27.1. The molecule has 1 N–H and O–H groups in total. The summed E-state index contributed by atoms with van der Waals surface area (Å²) in [6, 6.07) is 5.01. The molecule has 3 heterocycles. The Kier molecular flexibility index (Phi) is 12.7. The number of halogens is 1. The Bertz CT molecular complexity index is 1200. The van der Waals surface area contributed by atoms with Crippen LogP contribution in [0.15, 0.2) is 35.9 Å². The maximum atomic E-state index is 14.7. The monoisotopic (exact) mass is 627 g/mol. The molecule has 0 radical (unpaired) electrons. The van der Waals surface area contributed by atoms with Crippen molar-refractivity contribution in [2.24, 2.45) is 17.8 Å². The molecule has 0 aliphatic carbocycles. The van der Waals surface area contributed by atoms with Gasteiger partial charge in [0.25, 0.3) is 0 Å². The number of allylic oxidation sites excluding steroid dienone is 2. The van der Waals surface area contributed by atoms with E-state index >= 15 is 0 Å². The molecule has 1 aromatic carbocycles. The summed E-state index contributed by atoms with van der Waals surface area (Å²) < 4.78 is 26.7. The topological polar surface area (TPSA) is 99.6 Å². The summed E-state index contributed by atoms with van der Waals surface area (Å²) in [5, 5.41) is 10.1. The summed E-state index contributed by atoms with van der Waals surface area (Å²) in [5.74, 6) is -1.14. The molecule has 7 atom stereocenters. The van der Waals surface area contributed by atoms with Gasteiger partial charge in [-0.05, 0) is 81.3 Å². The molecule has 3 fully saturated rings. The first kappa shape index (κ1) is 34.8. The number of ether oxygens (including phenoxy) is 2. The van der Waals surface area contributed by atoms with Crippen LogP contribution in [0.2, 0.25) is 0 Å². The molecule has 1 aromatic rings. The highest BCUT2D eigenvalue weighted by Gasteiger charge is 2.34. The van der Waals surface area contributed by atoms with Crippen LogP contribution in [0.3, 0.4) is 0 Å². The number of piperazine rings is 1. The Balaban J connectivity index is 1.46. The van der Waals surface area contributed by atoms with E-state index in [1.807, 2.05) is 52.1 Å². The van der Waals surface area contributed by atoms with Gasteiger partial charge in [-0.15, -0.1) is 0 Å². The number of carbonyl (C=O) groups is 3. The molecule has 0 unspecified atom stereocenters. The van der Waals surface area contributed by atoms with Crippen molar-refractivity contribution >= 4 is 30.4 Å². The lowest BCUT2D eigenvalue weighted by molar-refractivity contribution is -0.111. The second kappa shape index (κ2) is 16.5. The number of amides is 1. The fourth-order valence-corrected chi connectivity index (χ4v) is 6.47. The minimum atomic E-state index is -0.740. The molecule has 0 saturated carbocycles.